The van der Waals surface area contributed by atoms with E-state index in [4.69, 9.17) is 9.47 Å². The minimum absolute atomic E-state index is 0.0433. The van der Waals surface area contributed by atoms with Crippen molar-refractivity contribution in [3.63, 3.8) is 0 Å². The van der Waals surface area contributed by atoms with Crippen molar-refractivity contribution in [3.8, 4) is 11.5 Å². The topological polar surface area (TPSA) is 67.9 Å². The van der Waals surface area contributed by atoms with Crippen LogP contribution in [0.3, 0.4) is 0 Å². The van der Waals surface area contributed by atoms with E-state index in [-0.39, 0.29) is 30.2 Å². The first-order valence-electron chi connectivity index (χ1n) is 10.5. The van der Waals surface area contributed by atoms with Crippen LogP contribution in [0.4, 0.5) is 0 Å². The van der Waals surface area contributed by atoms with E-state index in [9.17, 15) is 9.59 Å². The van der Waals surface area contributed by atoms with Crippen LogP contribution in [0.5, 0.6) is 11.5 Å². The molecule has 2 aromatic carbocycles. The lowest BCUT2D eigenvalue weighted by molar-refractivity contribution is -0.129. The van der Waals surface area contributed by atoms with Gasteiger partial charge in [0.1, 0.15) is 0 Å². The summed E-state index contributed by atoms with van der Waals surface area (Å²) >= 11 is 0. The highest BCUT2D eigenvalue weighted by Gasteiger charge is 2.36. The zero-order valence-electron chi connectivity index (χ0n) is 17.5. The number of fused-ring (bicyclic) bond motifs is 1. The average molecular weight is 408 g/mol. The summed E-state index contributed by atoms with van der Waals surface area (Å²) in [6, 6.07) is 14.0. The van der Waals surface area contributed by atoms with Crippen molar-refractivity contribution in [1.29, 1.82) is 0 Å². The molecule has 1 aliphatic carbocycles. The van der Waals surface area contributed by atoms with Gasteiger partial charge in [0.25, 0.3) is 0 Å². The van der Waals surface area contributed by atoms with E-state index in [0.29, 0.717) is 24.6 Å². The lowest BCUT2D eigenvalue weighted by atomic mass is 10.0. The number of ether oxygens (including phenoxy) is 2. The number of hydrogen-bond acceptors (Lipinski definition) is 4. The summed E-state index contributed by atoms with van der Waals surface area (Å²) < 4.78 is 10.8. The SMILES string of the molecule is COc1cc2c(cc1OC)[C@@H](NC(=O)[C@@H]1CC(=O)N(CCc3ccccc3)C1)CC2. The van der Waals surface area contributed by atoms with E-state index in [2.05, 4.69) is 17.4 Å². The third-order valence-electron chi connectivity index (χ3n) is 6.14. The summed E-state index contributed by atoms with van der Waals surface area (Å²) in [4.78, 5) is 27.1. The van der Waals surface area contributed by atoms with Gasteiger partial charge in [-0.3, -0.25) is 9.59 Å². The molecule has 2 amide bonds. The fourth-order valence-electron chi connectivity index (χ4n) is 4.45. The van der Waals surface area contributed by atoms with E-state index in [0.717, 1.165) is 24.8 Å². The second kappa shape index (κ2) is 8.78. The van der Waals surface area contributed by atoms with Crippen LogP contribution < -0.4 is 14.8 Å². The Morgan fingerprint density at radius 1 is 1.13 bits per heavy atom. The third-order valence-corrected chi connectivity index (χ3v) is 6.14. The number of rotatable bonds is 7. The van der Waals surface area contributed by atoms with Crippen molar-refractivity contribution >= 4 is 11.8 Å². The van der Waals surface area contributed by atoms with Crippen molar-refractivity contribution in [3.05, 3.63) is 59.2 Å². The summed E-state index contributed by atoms with van der Waals surface area (Å²) in [5.41, 5.74) is 3.45. The molecule has 1 N–H and O–H groups in total. The van der Waals surface area contributed by atoms with Gasteiger partial charge >= 0.3 is 0 Å². The summed E-state index contributed by atoms with van der Waals surface area (Å²) in [5.74, 6) is 1.10. The van der Waals surface area contributed by atoms with E-state index in [1.807, 2.05) is 35.2 Å². The molecule has 1 fully saturated rings. The summed E-state index contributed by atoms with van der Waals surface area (Å²) in [6.45, 7) is 1.14. The van der Waals surface area contributed by atoms with Gasteiger partial charge in [0.2, 0.25) is 11.8 Å². The molecule has 0 radical (unpaired) electrons. The van der Waals surface area contributed by atoms with E-state index in [1.54, 1.807) is 14.2 Å². The fourth-order valence-corrected chi connectivity index (χ4v) is 4.45. The van der Waals surface area contributed by atoms with Gasteiger partial charge in [-0.1, -0.05) is 30.3 Å². The maximum Gasteiger partial charge on any atom is 0.225 e. The number of carbonyl (C=O) groups excluding carboxylic acids is 2. The lowest BCUT2D eigenvalue weighted by Gasteiger charge is -2.19. The Hall–Kier alpha value is -3.02. The predicted molar refractivity (Wildman–Crippen MR) is 114 cm³/mol. The monoisotopic (exact) mass is 408 g/mol. The fraction of sp³-hybridized carbons (Fsp3) is 0.417. The second-order valence-corrected chi connectivity index (χ2v) is 7.98. The molecule has 1 aliphatic heterocycles. The molecule has 6 heteroatoms. The van der Waals surface area contributed by atoms with Crippen LogP contribution in [0, 0.1) is 5.92 Å². The molecule has 158 valence electrons. The number of likely N-dealkylation sites (tertiary alicyclic amines) is 1. The maximum absolute atomic E-state index is 12.9. The molecule has 2 aromatic rings. The lowest BCUT2D eigenvalue weighted by Crippen LogP contribution is -2.35. The molecular formula is C24H28N2O4. The van der Waals surface area contributed by atoms with Gasteiger partial charge in [0.05, 0.1) is 26.2 Å². The van der Waals surface area contributed by atoms with Crippen molar-refractivity contribution < 1.29 is 19.1 Å². The van der Waals surface area contributed by atoms with Crippen molar-refractivity contribution in [2.24, 2.45) is 5.92 Å². The number of benzene rings is 2. The Labute approximate surface area is 177 Å². The van der Waals surface area contributed by atoms with Gasteiger partial charge in [0.15, 0.2) is 11.5 Å². The molecule has 0 aromatic heterocycles. The molecule has 1 saturated heterocycles. The highest BCUT2D eigenvalue weighted by Crippen LogP contribution is 2.39. The zero-order valence-corrected chi connectivity index (χ0v) is 17.5. The molecule has 0 saturated carbocycles. The summed E-state index contributed by atoms with van der Waals surface area (Å²) in [6.07, 6.45) is 2.81. The van der Waals surface area contributed by atoms with Gasteiger partial charge in [-0.15, -0.1) is 0 Å². The first-order chi connectivity index (χ1) is 14.6. The minimum Gasteiger partial charge on any atom is -0.493 e. The van der Waals surface area contributed by atoms with Crippen LogP contribution in [0.25, 0.3) is 0 Å². The molecule has 30 heavy (non-hydrogen) atoms. The van der Waals surface area contributed by atoms with Gasteiger partial charge in [0, 0.05) is 19.5 Å². The van der Waals surface area contributed by atoms with E-state index >= 15 is 0 Å². The number of hydrogen-bond donors (Lipinski definition) is 1. The Balaban J connectivity index is 1.37. The third kappa shape index (κ3) is 4.13. The standard InChI is InChI=1S/C24H28N2O4/c1-29-21-12-17-8-9-20(19(17)14-22(21)30-2)25-24(28)18-13-23(27)26(15-18)11-10-16-6-4-3-5-7-16/h3-7,12,14,18,20H,8-11,13,15H2,1-2H3,(H,25,28)/t18-,20+/m1/s1. The Kier molecular flexibility index (Phi) is 5.93. The van der Waals surface area contributed by atoms with Crippen LogP contribution in [0.2, 0.25) is 0 Å². The van der Waals surface area contributed by atoms with Crippen LogP contribution in [-0.4, -0.2) is 44.0 Å². The van der Waals surface area contributed by atoms with Gasteiger partial charge < -0.3 is 19.7 Å². The zero-order chi connectivity index (χ0) is 21.1. The highest BCUT2D eigenvalue weighted by molar-refractivity contribution is 5.89. The first-order valence-corrected chi connectivity index (χ1v) is 10.5. The normalized spacial score (nSPS) is 20.2. The largest absolute Gasteiger partial charge is 0.493 e. The van der Waals surface area contributed by atoms with Gasteiger partial charge in [-0.05, 0) is 48.1 Å². The number of nitrogens with zero attached hydrogens (tertiary/aromatic N) is 1. The molecule has 0 unspecified atom stereocenters. The van der Waals surface area contributed by atoms with Crippen LogP contribution >= 0.6 is 0 Å². The highest BCUT2D eigenvalue weighted by atomic mass is 16.5. The summed E-state index contributed by atoms with van der Waals surface area (Å²) in [7, 11) is 3.24. The predicted octanol–water partition coefficient (Wildman–Crippen LogP) is 2.90. The number of methoxy groups -OCH3 is 2. The number of carbonyl (C=O) groups is 2. The molecule has 2 atom stereocenters. The number of aryl methyl sites for hydroxylation is 1. The molecular weight excluding hydrogens is 380 g/mol. The minimum atomic E-state index is -0.294. The van der Waals surface area contributed by atoms with E-state index < -0.39 is 0 Å². The molecule has 4 rings (SSSR count). The Morgan fingerprint density at radius 2 is 1.87 bits per heavy atom. The number of nitrogens with one attached hydrogen (secondary N) is 1. The van der Waals surface area contributed by atoms with Crippen molar-refractivity contribution in [2.45, 2.75) is 31.7 Å². The smallest absolute Gasteiger partial charge is 0.225 e. The maximum atomic E-state index is 12.9. The molecule has 1 heterocycles. The molecule has 0 bridgehead atoms. The van der Waals surface area contributed by atoms with Gasteiger partial charge in [-0.25, -0.2) is 0 Å². The van der Waals surface area contributed by atoms with Crippen molar-refractivity contribution in [1.82, 2.24) is 10.2 Å². The molecule has 6 nitrogen and oxygen atoms in total. The Morgan fingerprint density at radius 3 is 2.60 bits per heavy atom. The first kappa shape index (κ1) is 20.3. The number of amides is 2. The Bertz CT molecular complexity index is 928. The van der Waals surface area contributed by atoms with Gasteiger partial charge in [-0.2, -0.15) is 0 Å². The van der Waals surface area contributed by atoms with E-state index in [1.165, 1.54) is 11.1 Å². The van der Waals surface area contributed by atoms with Crippen LogP contribution in [-0.2, 0) is 22.4 Å². The average Bonchev–Trinajstić information content (AvgIpc) is 3.34. The van der Waals surface area contributed by atoms with Crippen LogP contribution in [0.1, 0.15) is 35.6 Å². The van der Waals surface area contributed by atoms with Crippen LogP contribution in [0.15, 0.2) is 42.5 Å². The quantitative estimate of drug-likeness (QED) is 0.765. The second-order valence-electron chi connectivity index (χ2n) is 7.98. The molecule has 2 aliphatic rings. The summed E-state index contributed by atoms with van der Waals surface area (Å²) in [5, 5.41) is 3.17. The molecule has 0 spiro atoms. The van der Waals surface area contributed by atoms with Crippen molar-refractivity contribution in [2.75, 3.05) is 27.3 Å².